The van der Waals surface area contributed by atoms with Crippen LogP contribution in [0.3, 0.4) is 0 Å². The van der Waals surface area contributed by atoms with Gasteiger partial charge < -0.3 is 9.64 Å². The highest BCUT2D eigenvalue weighted by molar-refractivity contribution is 7.12. The molecule has 2 amide bonds. The van der Waals surface area contributed by atoms with Crippen molar-refractivity contribution in [1.29, 1.82) is 0 Å². The number of benzene rings is 1. The predicted octanol–water partition coefficient (Wildman–Crippen LogP) is 3.06. The lowest BCUT2D eigenvalue weighted by atomic mass is 10.0. The van der Waals surface area contributed by atoms with Crippen molar-refractivity contribution in [3.05, 3.63) is 58.0 Å². The average Bonchev–Trinajstić information content (AvgIpc) is 3.34. The highest BCUT2D eigenvalue weighted by Crippen LogP contribution is 2.35. The van der Waals surface area contributed by atoms with Gasteiger partial charge in [0, 0.05) is 32.6 Å². The lowest BCUT2D eigenvalue weighted by Gasteiger charge is -2.26. The molecule has 6 nitrogen and oxygen atoms in total. The fourth-order valence-corrected chi connectivity index (χ4v) is 3.83. The Kier molecular flexibility index (Phi) is 6.53. The Morgan fingerprint density at radius 1 is 1.32 bits per heavy atom. The summed E-state index contributed by atoms with van der Waals surface area (Å²) in [6.45, 7) is 1.90. The molecule has 8 heteroatoms. The molecule has 0 radical (unpaired) electrons. The highest BCUT2D eigenvalue weighted by Gasteiger charge is 2.35. The van der Waals surface area contributed by atoms with Gasteiger partial charge in [-0.2, -0.15) is 5.10 Å². The van der Waals surface area contributed by atoms with Crippen molar-refractivity contribution >= 4 is 28.9 Å². The second kappa shape index (κ2) is 9.07. The van der Waals surface area contributed by atoms with Gasteiger partial charge in [-0.3, -0.25) is 9.59 Å². The minimum atomic E-state index is -0.540. The number of thiophene rings is 1. The summed E-state index contributed by atoms with van der Waals surface area (Å²) in [6.07, 6.45) is 0.422. The molecule has 0 unspecified atom stereocenters. The van der Waals surface area contributed by atoms with Gasteiger partial charge in [0.25, 0.3) is 5.91 Å². The summed E-state index contributed by atoms with van der Waals surface area (Å²) in [7, 11) is 1.53. The topological polar surface area (TPSA) is 62.2 Å². The number of carbonyl (C=O) groups is 2. The zero-order valence-corrected chi connectivity index (χ0v) is 16.6. The molecule has 1 aromatic heterocycles. The Balaban J connectivity index is 1.87. The smallest absolute Gasteiger partial charge is 0.262 e. The average molecular weight is 403 g/mol. The fourth-order valence-electron chi connectivity index (χ4n) is 3.10. The molecule has 28 heavy (non-hydrogen) atoms. The molecule has 1 atom stereocenters. The van der Waals surface area contributed by atoms with Gasteiger partial charge in [0.05, 0.1) is 23.2 Å². The van der Waals surface area contributed by atoms with E-state index in [1.54, 1.807) is 18.2 Å². The lowest BCUT2D eigenvalue weighted by Crippen LogP contribution is -2.41. The van der Waals surface area contributed by atoms with Crippen LogP contribution in [0, 0.1) is 5.82 Å². The van der Waals surface area contributed by atoms with Crippen LogP contribution in [-0.4, -0.2) is 54.2 Å². The van der Waals surface area contributed by atoms with E-state index in [1.165, 1.54) is 41.3 Å². The molecule has 0 aliphatic carbocycles. The zero-order chi connectivity index (χ0) is 20.1. The molecule has 0 N–H and O–H groups in total. The van der Waals surface area contributed by atoms with Crippen LogP contribution in [0.4, 0.5) is 4.39 Å². The quantitative estimate of drug-likeness (QED) is 0.714. The molecule has 0 spiro atoms. The first kappa shape index (κ1) is 20.2. The first-order valence-electron chi connectivity index (χ1n) is 8.93. The lowest BCUT2D eigenvalue weighted by molar-refractivity contribution is -0.141. The molecule has 3 rings (SSSR count). The van der Waals surface area contributed by atoms with Crippen molar-refractivity contribution < 1.29 is 18.7 Å². The van der Waals surface area contributed by atoms with Gasteiger partial charge in [-0.05, 0) is 17.5 Å². The summed E-state index contributed by atoms with van der Waals surface area (Å²) >= 11 is 1.52. The van der Waals surface area contributed by atoms with E-state index in [1.807, 2.05) is 17.5 Å². The largest absolute Gasteiger partial charge is 0.383 e. The second-order valence-corrected chi connectivity index (χ2v) is 7.38. The van der Waals surface area contributed by atoms with Gasteiger partial charge in [-0.15, -0.1) is 11.3 Å². The summed E-state index contributed by atoms with van der Waals surface area (Å²) in [5.74, 6) is -0.962. The number of methoxy groups -OCH3 is 1. The van der Waals surface area contributed by atoms with Gasteiger partial charge in [0.1, 0.15) is 12.4 Å². The minimum absolute atomic E-state index is 0.134. The monoisotopic (exact) mass is 403 g/mol. The van der Waals surface area contributed by atoms with Crippen molar-refractivity contribution in [3.8, 4) is 0 Å². The molecule has 1 aromatic carbocycles. The van der Waals surface area contributed by atoms with Gasteiger partial charge in [-0.1, -0.05) is 24.3 Å². The minimum Gasteiger partial charge on any atom is -0.383 e. The standard InChI is InChI=1S/C20H22FN3O3S/c1-14(25)23(9-10-27-2)13-20(26)24-18(15-6-3-4-7-16(15)21)12-17(22-24)19-8-5-11-28-19/h3-8,11,18H,9-10,12-13H2,1-2H3/t18-/m1/s1. The number of nitrogens with zero attached hydrogens (tertiary/aromatic N) is 3. The van der Waals surface area contributed by atoms with Crippen LogP contribution in [0.5, 0.6) is 0 Å². The molecule has 1 aliphatic heterocycles. The van der Waals surface area contributed by atoms with E-state index in [4.69, 9.17) is 4.74 Å². The van der Waals surface area contributed by atoms with Gasteiger partial charge >= 0.3 is 0 Å². The molecule has 2 aromatic rings. The van der Waals surface area contributed by atoms with Gasteiger partial charge in [0.2, 0.25) is 5.91 Å². The Morgan fingerprint density at radius 3 is 2.75 bits per heavy atom. The Labute approximate surface area is 167 Å². The van der Waals surface area contributed by atoms with Crippen LogP contribution in [0.15, 0.2) is 46.9 Å². The number of halogens is 1. The number of hydrogen-bond donors (Lipinski definition) is 0. The third kappa shape index (κ3) is 4.45. The zero-order valence-electron chi connectivity index (χ0n) is 15.8. The number of ether oxygens (including phenoxy) is 1. The maximum absolute atomic E-state index is 14.4. The molecule has 2 heterocycles. The Hall–Kier alpha value is -2.58. The van der Waals surface area contributed by atoms with Gasteiger partial charge in [-0.25, -0.2) is 9.40 Å². The van der Waals surface area contributed by atoms with Crippen LogP contribution in [0.25, 0.3) is 0 Å². The summed E-state index contributed by atoms with van der Waals surface area (Å²) < 4.78 is 19.4. The first-order chi connectivity index (χ1) is 13.5. The SMILES string of the molecule is COCCN(CC(=O)N1N=C(c2cccs2)C[C@@H]1c1ccccc1F)C(C)=O. The van der Waals surface area contributed by atoms with Crippen LogP contribution >= 0.6 is 11.3 Å². The molecule has 0 bridgehead atoms. The number of rotatable bonds is 7. The number of amides is 2. The summed E-state index contributed by atoms with van der Waals surface area (Å²) in [4.78, 5) is 27.2. The highest BCUT2D eigenvalue weighted by atomic mass is 32.1. The van der Waals surface area contributed by atoms with Crippen molar-refractivity contribution in [1.82, 2.24) is 9.91 Å². The molecule has 0 saturated carbocycles. The normalized spacial score (nSPS) is 16.2. The van der Waals surface area contributed by atoms with E-state index in [0.717, 1.165) is 10.6 Å². The third-order valence-corrected chi connectivity index (χ3v) is 5.49. The molecule has 148 valence electrons. The first-order valence-corrected chi connectivity index (χ1v) is 9.81. The van der Waals surface area contributed by atoms with Crippen molar-refractivity contribution in [2.24, 2.45) is 5.10 Å². The second-order valence-electron chi connectivity index (χ2n) is 6.44. The van der Waals surface area contributed by atoms with E-state index < -0.39 is 6.04 Å². The van der Waals surface area contributed by atoms with Crippen LogP contribution in [0.2, 0.25) is 0 Å². The van der Waals surface area contributed by atoms with Gasteiger partial charge in [0.15, 0.2) is 0 Å². The van der Waals surface area contributed by atoms with Crippen molar-refractivity contribution in [2.75, 3.05) is 26.8 Å². The Bertz CT molecular complexity index is 869. The maximum atomic E-state index is 14.4. The number of hydrazone groups is 1. The predicted molar refractivity (Wildman–Crippen MR) is 106 cm³/mol. The molecular weight excluding hydrogens is 381 g/mol. The number of hydrogen-bond acceptors (Lipinski definition) is 5. The van der Waals surface area contributed by atoms with Crippen molar-refractivity contribution in [3.63, 3.8) is 0 Å². The van der Waals surface area contributed by atoms with Crippen LogP contribution in [-0.2, 0) is 14.3 Å². The summed E-state index contributed by atoms with van der Waals surface area (Å²) in [5.41, 5.74) is 1.15. The van der Waals surface area contributed by atoms with E-state index >= 15 is 0 Å². The molecule has 0 saturated heterocycles. The maximum Gasteiger partial charge on any atom is 0.262 e. The number of carbonyl (C=O) groups excluding carboxylic acids is 2. The third-order valence-electron chi connectivity index (χ3n) is 4.57. The Morgan fingerprint density at radius 2 is 2.11 bits per heavy atom. The van der Waals surface area contributed by atoms with Crippen LogP contribution in [0.1, 0.15) is 29.8 Å². The molecule has 1 aliphatic rings. The summed E-state index contributed by atoms with van der Waals surface area (Å²) in [5, 5.41) is 7.75. The fraction of sp³-hybridized carbons (Fsp3) is 0.350. The van der Waals surface area contributed by atoms with E-state index in [9.17, 15) is 14.0 Å². The van der Waals surface area contributed by atoms with E-state index in [0.29, 0.717) is 25.1 Å². The van der Waals surface area contributed by atoms with Crippen LogP contribution < -0.4 is 0 Å². The summed E-state index contributed by atoms with van der Waals surface area (Å²) in [6, 6.07) is 9.70. The molecule has 0 fully saturated rings. The van der Waals surface area contributed by atoms with E-state index in [2.05, 4.69) is 5.10 Å². The van der Waals surface area contributed by atoms with E-state index in [-0.39, 0.29) is 24.2 Å². The molecular formula is C20H22FN3O3S. The van der Waals surface area contributed by atoms with Crippen molar-refractivity contribution in [2.45, 2.75) is 19.4 Å².